The van der Waals surface area contributed by atoms with Crippen molar-refractivity contribution >= 4 is 27.6 Å². The van der Waals surface area contributed by atoms with Gasteiger partial charge in [-0.05, 0) is 40.9 Å². The van der Waals surface area contributed by atoms with E-state index in [-0.39, 0.29) is 5.76 Å². The summed E-state index contributed by atoms with van der Waals surface area (Å²) in [4.78, 5) is 13.1. The number of carboxylic acid groups (broad SMARTS) is 1. The van der Waals surface area contributed by atoms with E-state index >= 15 is 0 Å². The molecule has 0 amide bonds. The molecule has 0 saturated carbocycles. The minimum Gasteiger partial charge on any atom is -0.475 e. The topological polar surface area (TPSA) is 66.6 Å². The van der Waals surface area contributed by atoms with Crippen LogP contribution in [0.4, 0.5) is 5.69 Å². The maximum Gasteiger partial charge on any atom is 0.374 e. The number of hydrogen-bond donors (Lipinski definition) is 1. The summed E-state index contributed by atoms with van der Waals surface area (Å²) < 4.78 is 5.76. The summed E-state index contributed by atoms with van der Waals surface area (Å²) in [6.45, 7) is 2.15. The Balaban J connectivity index is 1.90. The number of nitrogens with zero attached hydrogens (tertiary/aromatic N) is 2. The number of hydrogen-bond acceptors (Lipinski definition) is 4. The molecule has 1 aliphatic heterocycles. The molecule has 0 atom stereocenters. The second kappa shape index (κ2) is 5.28. The van der Waals surface area contributed by atoms with E-state index in [0.29, 0.717) is 5.69 Å². The molecule has 1 N–H and O–H groups in total. The molecule has 2 aromatic rings. The van der Waals surface area contributed by atoms with E-state index in [2.05, 4.69) is 26.0 Å². The van der Waals surface area contributed by atoms with Crippen LogP contribution in [-0.4, -0.2) is 29.3 Å². The van der Waals surface area contributed by atoms with Crippen molar-refractivity contribution in [1.82, 2.24) is 5.16 Å². The molecular formula is C14H13BrN2O3. The Morgan fingerprint density at radius 3 is 2.65 bits per heavy atom. The largest absolute Gasteiger partial charge is 0.475 e. The van der Waals surface area contributed by atoms with Crippen molar-refractivity contribution in [1.29, 1.82) is 0 Å². The van der Waals surface area contributed by atoms with Gasteiger partial charge < -0.3 is 14.5 Å². The first-order valence-corrected chi connectivity index (χ1v) is 7.19. The molecule has 1 aliphatic rings. The molecular weight excluding hydrogens is 324 g/mol. The number of aromatic nitrogens is 1. The Labute approximate surface area is 124 Å². The first kappa shape index (κ1) is 13.2. The van der Waals surface area contributed by atoms with Gasteiger partial charge in [-0.2, -0.15) is 0 Å². The Hall–Kier alpha value is -1.82. The molecule has 1 fully saturated rings. The maximum absolute atomic E-state index is 10.8. The number of carbonyl (C=O) groups is 1. The minimum atomic E-state index is -1.11. The van der Waals surface area contributed by atoms with Crippen molar-refractivity contribution in [3.63, 3.8) is 0 Å². The van der Waals surface area contributed by atoms with E-state index in [1.807, 2.05) is 18.2 Å². The zero-order chi connectivity index (χ0) is 14.1. The van der Waals surface area contributed by atoms with Crippen LogP contribution in [0.25, 0.3) is 11.3 Å². The van der Waals surface area contributed by atoms with E-state index in [9.17, 15) is 4.79 Å². The smallest absolute Gasteiger partial charge is 0.374 e. The molecule has 0 radical (unpaired) electrons. The van der Waals surface area contributed by atoms with Crippen molar-refractivity contribution in [3.8, 4) is 11.3 Å². The van der Waals surface area contributed by atoms with Gasteiger partial charge in [-0.15, -0.1) is 0 Å². The third-order valence-corrected chi connectivity index (χ3v) is 4.05. The fourth-order valence-electron chi connectivity index (χ4n) is 2.39. The van der Waals surface area contributed by atoms with Crippen LogP contribution in [0, 0.1) is 0 Å². The minimum absolute atomic E-state index is 0.153. The van der Waals surface area contributed by atoms with Crippen LogP contribution in [0.5, 0.6) is 0 Å². The Kier molecular flexibility index (Phi) is 3.48. The summed E-state index contributed by atoms with van der Waals surface area (Å²) in [7, 11) is 0. The van der Waals surface area contributed by atoms with Gasteiger partial charge in [0.15, 0.2) is 0 Å². The third kappa shape index (κ3) is 2.43. The highest BCUT2D eigenvalue weighted by Crippen LogP contribution is 2.33. The van der Waals surface area contributed by atoms with E-state index in [0.717, 1.165) is 28.8 Å². The Morgan fingerprint density at radius 1 is 1.30 bits per heavy atom. The first-order chi connectivity index (χ1) is 9.65. The summed E-state index contributed by atoms with van der Waals surface area (Å²) in [6, 6.07) is 7.33. The van der Waals surface area contributed by atoms with Crippen molar-refractivity contribution in [2.45, 2.75) is 12.8 Å². The molecule has 6 heteroatoms. The fourth-order valence-corrected chi connectivity index (χ4v) is 3.02. The third-order valence-electron chi connectivity index (χ3n) is 3.41. The molecule has 0 bridgehead atoms. The molecule has 1 aromatic heterocycles. The highest BCUT2D eigenvalue weighted by molar-refractivity contribution is 9.10. The van der Waals surface area contributed by atoms with Crippen LogP contribution in [0.2, 0.25) is 0 Å². The van der Waals surface area contributed by atoms with Gasteiger partial charge in [0.2, 0.25) is 5.76 Å². The average molecular weight is 337 g/mol. The molecule has 0 aliphatic carbocycles. The highest BCUT2D eigenvalue weighted by Gasteiger charge is 2.17. The van der Waals surface area contributed by atoms with Crippen molar-refractivity contribution in [2.24, 2.45) is 0 Å². The molecule has 0 unspecified atom stereocenters. The SMILES string of the molecule is O=C(O)c1cc(-c2ccc(N3CCCC3)c(Br)c2)no1. The summed E-state index contributed by atoms with van der Waals surface area (Å²) in [6.07, 6.45) is 2.44. The van der Waals surface area contributed by atoms with Gasteiger partial charge in [0.25, 0.3) is 0 Å². The first-order valence-electron chi connectivity index (χ1n) is 6.40. The highest BCUT2D eigenvalue weighted by atomic mass is 79.9. The number of benzene rings is 1. The number of carboxylic acids is 1. The number of anilines is 1. The molecule has 5 nitrogen and oxygen atoms in total. The quantitative estimate of drug-likeness (QED) is 0.930. The monoisotopic (exact) mass is 336 g/mol. The van der Waals surface area contributed by atoms with Crippen LogP contribution < -0.4 is 4.90 Å². The molecule has 3 rings (SSSR count). The number of aromatic carboxylic acids is 1. The van der Waals surface area contributed by atoms with Gasteiger partial charge in [-0.25, -0.2) is 4.79 Å². The Bertz CT molecular complexity index is 648. The fraction of sp³-hybridized carbons (Fsp3) is 0.286. The lowest BCUT2D eigenvalue weighted by molar-refractivity contribution is 0.0652. The molecule has 104 valence electrons. The normalized spacial score (nSPS) is 14.8. The average Bonchev–Trinajstić information content (AvgIpc) is 3.10. The summed E-state index contributed by atoms with van der Waals surface area (Å²) in [5.41, 5.74) is 2.51. The zero-order valence-corrected chi connectivity index (χ0v) is 12.3. The van der Waals surface area contributed by atoms with Crippen LogP contribution in [0.3, 0.4) is 0 Å². The second-order valence-corrected chi connectivity index (χ2v) is 5.60. The van der Waals surface area contributed by atoms with E-state index in [4.69, 9.17) is 9.63 Å². The van der Waals surface area contributed by atoms with Crippen molar-refractivity contribution < 1.29 is 14.4 Å². The lowest BCUT2D eigenvalue weighted by atomic mass is 10.1. The number of rotatable bonds is 3. The predicted octanol–water partition coefficient (Wildman–Crippen LogP) is 3.40. The van der Waals surface area contributed by atoms with Gasteiger partial charge in [0.05, 0.1) is 5.69 Å². The molecule has 20 heavy (non-hydrogen) atoms. The lowest BCUT2D eigenvalue weighted by Crippen LogP contribution is -2.17. The van der Waals surface area contributed by atoms with E-state index in [1.54, 1.807) is 0 Å². The summed E-state index contributed by atoms with van der Waals surface area (Å²) in [5.74, 6) is -1.27. The number of halogens is 1. The van der Waals surface area contributed by atoms with Crippen molar-refractivity contribution in [2.75, 3.05) is 18.0 Å². The second-order valence-electron chi connectivity index (χ2n) is 4.74. The van der Waals surface area contributed by atoms with Crippen LogP contribution >= 0.6 is 15.9 Å². The molecule has 1 aromatic carbocycles. The standard InChI is InChI=1S/C14H13BrN2O3/c15-10-7-9(11-8-13(14(18)19)20-16-11)3-4-12(10)17-5-1-2-6-17/h3-4,7-8H,1-2,5-6H2,(H,18,19). The van der Waals surface area contributed by atoms with Crippen molar-refractivity contribution in [3.05, 3.63) is 34.5 Å². The van der Waals surface area contributed by atoms with Crippen LogP contribution in [-0.2, 0) is 0 Å². The van der Waals surface area contributed by atoms with E-state index < -0.39 is 5.97 Å². The Morgan fingerprint density at radius 2 is 2.05 bits per heavy atom. The van der Waals surface area contributed by atoms with Gasteiger partial charge in [-0.1, -0.05) is 11.2 Å². The van der Waals surface area contributed by atoms with Gasteiger partial charge in [0, 0.05) is 29.2 Å². The summed E-state index contributed by atoms with van der Waals surface area (Å²) in [5, 5.41) is 12.6. The van der Waals surface area contributed by atoms with Gasteiger partial charge in [-0.3, -0.25) is 0 Å². The zero-order valence-electron chi connectivity index (χ0n) is 10.7. The maximum atomic E-state index is 10.8. The van der Waals surface area contributed by atoms with Crippen LogP contribution in [0.15, 0.2) is 33.3 Å². The summed E-state index contributed by atoms with van der Waals surface area (Å²) >= 11 is 3.57. The predicted molar refractivity (Wildman–Crippen MR) is 78.0 cm³/mol. The van der Waals surface area contributed by atoms with Crippen LogP contribution in [0.1, 0.15) is 23.4 Å². The van der Waals surface area contributed by atoms with E-state index in [1.165, 1.54) is 18.9 Å². The lowest BCUT2D eigenvalue weighted by Gasteiger charge is -2.19. The molecule has 0 spiro atoms. The van der Waals surface area contributed by atoms with Gasteiger partial charge >= 0.3 is 5.97 Å². The van der Waals surface area contributed by atoms with Gasteiger partial charge in [0.1, 0.15) is 5.69 Å². The molecule has 1 saturated heterocycles. The molecule has 2 heterocycles.